The zero-order chi connectivity index (χ0) is 12.3. The summed E-state index contributed by atoms with van der Waals surface area (Å²) in [6.07, 6.45) is 1.90. The van der Waals surface area contributed by atoms with Gasteiger partial charge in [-0.3, -0.25) is 4.79 Å². The summed E-state index contributed by atoms with van der Waals surface area (Å²) in [4.78, 5) is 13.9. The van der Waals surface area contributed by atoms with Crippen LogP contribution in [-0.4, -0.2) is 17.4 Å². The molecule has 2 atom stereocenters. The maximum absolute atomic E-state index is 11.9. The van der Waals surface area contributed by atoms with Gasteiger partial charge in [-0.05, 0) is 17.4 Å². The minimum Gasteiger partial charge on any atom is -0.338 e. The molecular weight excluding hydrogens is 210 g/mol. The number of rotatable bonds is 4. The lowest BCUT2D eigenvalue weighted by atomic mass is 9.91. The van der Waals surface area contributed by atoms with E-state index in [2.05, 4.69) is 26.0 Å². The monoisotopic (exact) mass is 231 g/mol. The number of carbonyl (C=O) groups excluding carboxylic acids is 1. The van der Waals surface area contributed by atoms with E-state index >= 15 is 0 Å². The Balaban J connectivity index is 1.97. The molecule has 1 saturated heterocycles. The van der Waals surface area contributed by atoms with Crippen molar-refractivity contribution >= 4 is 5.91 Å². The molecule has 0 aliphatic carbocycles. The largest absolute Gasteiger partial charge is 0.338 e. The summed E-state index contributed by atoms with van der Waals surface area (Å²) < 4.78 is 0. The summed E-state index contributed by atoms with van der Waals surface area (Å²) in [5.74, 6) is 1.52. The number of amides is 1. The highest BCUT2D eigenvalue weighted by Crippen LogP contribution is 2.27. The van der Waals surface area contributed by atoms with Gasteiger partial charge in [0.05, 0.1) is 0 Å². The topological polar surface area (TPSA) is 20.3 Å². The van der Waals surface area contributed by atoms with Crippen molar-refractivity contribution in [2.24, 2.45) is 11.8 Å². The molecule has 1 heterocycles. The third-order valence-corrected chi connectivity index (χ3v) is 3.91. The van der Waals surface area contributed by atoms with Crippen LogP contribution in [0.5, 0.6) is 0 Å². The first-order chi connectivity index (χ1) is 8.20. The fourth-order valence-electron chi connectivity index (χ4n) is 2.47. The Labute approximate surface area is 104 Å². The van der Waals surface area contributed by atoms with Crippen LogP contribution in [0.15, 0.2) is 30.3 Å². The van der Waals surface area contributed by atoms with Gasteiger partial charge in [0.2, 0.25) is 5.91 Å². The molecule has 0 radical (unpaired) electrons. The smallest absolute Gasteiger partial charge is 0.223 e. The molecule has 0 bridgehead atoms. The predicted octanol–water partition coefficient (Wildman–Crippen LogP) is 3.08. The van der Waals surface area contributed by atoms with E-state index in [9.17, 15) is 4.79 Å². The molecule has 1 aromatic carbocycles. The van der Waals surface area contributed by atoms with Crippen LogP contribution < -0.4 is 0 Å². The van der Waals surface area contributed by atoms with Gasteiger partial charge in [-0.25, -0.2) is 0 Å². The molecule has 17 heavy (non-hydrogen) atoms. The molecule has 2 nitrogen and oxygen atoms in total. The van der Waals surface area contributed by atoms with Crippen LogP contribution in [-0.2, 0) is 11.3 Å². The lowest BCUT2D eigenvalue weighted by molar-refractivity contribution is -0.128. The van der Waals surface area contributed by atoms with Crippen LogP contribution in [0.1, 0.15) is 32.3 Å². The van der Waals surface area contributed by atoms with Crippen LogP contribution >= 0.6 is 0 Å². The second kappa shape index (κ2) is 5.35. The predicted molar refractivity (Wildman–Crippen MR) is 69.4 cm³/mol. The summed E-state index contributed by atoms with van der Waals surface area (Å²) in [5, 5.41) is 0. The zero-order valence-corrected chi connectivity index (χ0v) is 10.7. The van der Waals surface area contributed by atoms with Crippen molar-refractivity contribution in [3.8, 4) is 0 Å². The van der Waals surface area contributed by atoms with E-state index in [4.69, 9.17) is 0 Å². The van der Waals surface area contributed by atoms with Gasteiger partial charge >= 0.3 is 0 Å². The van der Waals surface area contributed by atoms with Gasteiger partial charge < -0.3 is 4.90 Å². The van der Waals surface area contributed by atoms with Gasteiger partial charge in [-0.15, -0.1) is 0 Å². The van der Waals surface area contributed by atoms with Crippen molar-refractivity contribution in [1.82, 2.24) is 4.90 Å². The number of carbonyl (C=O) groups is 1. The normalized spacial score (nSPS) is 21.9. The molecule has 0 unspecified atom stereocenters. The molecule has 1 aliphatic heterocycles. The van der Waals surface area contributed by atoms with E-state index in [0.717, 1.165) is 25.9 Å². The lowest BCUT2D eigenvalue weighted by Gasteiger charge is -2.19. The van der Waals surface area contributed by atoms with E-state index in [0.29, 0.717) is 17.7 Å². The standard InChI is InChI=1S/C15H21NO/c1-3-12(2)14-9-15(17)16(11-14)10-13-7-5-4-6-8-13/h4-8,12,14H,3,9-11H2,1-2H3/t12-,14+/m0/s1. The summed E-state index contributed by atoms with van der Waals surface area (Å²) in [7, 11) is 0. The average molecular weight is 231 g/mol. The number of likely N-dealkylation sites (tertiary alicyclic amines) is 1. The molecule has 1 aliphatic rings. The van der Waals surface area contributed by atoms with E-state index in [1.165, 1.54) is 5.56 Å². The average Bonchev–Trinajstić information content (AvgIpc) is 2.71. The highest BCUT2D eigenvalue weighted by molar-refractivity contribution is 5.78. The van der Waals surface area contributed by atoms with Gasteiger partial charge in [0.25, 0.3) is 0 Å². The van der Waals surface area contributed by atoms with Gasteiger partial charge in [0.1, 0.15) is 0 Å². The fourth-order valence-corrected chi connectivity index (χ4v) is 2.47. The van der Waals surface area contributed by atoms with E-state index in [1.54, 1.807) is 0 Å². The van der Waals surface area contributed by atoms with Crippen LogP contribution in [0.4, 0.5) is 0 Å². The second-order valence-electron chi connectivity index (χ2n) is 5.11. The van der Waals surface area contributed by atoms with Gasteiger partial charge in [0, 0.05) is 19.5 Å². The molecular formula is C15H21NO. The summed E-state index contributed by atoms with van der Waals surface area (Å²) in [6, 6.07) is 10.2. The van der Waals surface area contributed by atoms with Gasteiger partial charge in [-0.1, -0.05) is 50.6 Å². The van der Waals surface area contributed by atoms with Crippen LogP contribution in [0, 0.1) is 11.8 Å². The van der Waals surface area contributed by atoms with E-state index in [1.807, 2.05) is 23.1 Å². The van der Waals surface area contributed by atoms with Crippen molar-refractivity contribution in [1.29, 1.82) is 0 Å². The fraction of sp³-hybridized carbons (Fsp3) is 0.533. The first kappa shape index (κ1) is 12.2. The minimum atomic E-state index is 0.319. The lowest BCUT2D eigenvalue weighted by Crippen LogP contribution is -2.25. The van der Waals surface area contributed by atoms with Gasteiger partial charge in [0.15, 0.2) is 0 Å². The SMILES string of the molecule is CC[C@H](C)[C@@H]1CC(=O)N(Cc2ccccc2)C1. The highest BCUT2D eigenvalue weighted by atomic mass is 16.2. The summed E-state index contributed by atoms with van der Waals surface area (Å²) in [6.45, 7) is 6.16. The Morgan fingerprint density at radius 3 is 2.71 bits per heavy atom. The summed E-state index contributed by atoms with van der Waals surface area (Å²) >= 11 is 0. The molecule has 1 aromatic rings. The first-order valence-electron chi connectivity index (χ1n) is 6.52. The third-order valence-electron chi connectivity index (χ3n) is 3.91. The van der Waals surface area contributed by atoms with Crippen LogP contribution in [0.2, 0.25) is 0 Å². The Kier molecular flexibility index (Phi) is 3.82. The van der Waals surface area contributed by atoms with Gasteiger partial charge in [-0.2, -0.15) is 0 Å². The Hall–Kier alpha value is -1.31. The molecule has 1 amide bonds. The molecule has 2 rings (SSSR count). The third kappa shape index (κ3) is 2.87. The number of hydrogen-bond donors (Lipinski definition) is 0. The Bertz CT molecular complexity index is 374. The first-order valence-corrected chi connectivity index (χ1v) is 6.52. The second-order valence-corrected chi connectivity index (χ2v) is 5.11. The molecule has 0 saturated carbocycles. The maximum Gasteiger partial charge on any atom is 0.223 e. The molecule has 92 valence electrons. The van der Waals surface area contributed by atoms with Crippen molar-refractivity contribution in [3.63, 3.8) is 0 Å². The Morgan fingerprint density at radius 1 is 1.35 bits per heavy atom. The maximum atomic E-state index is 11.9. The summed E-state index contributed by atoms with van der Waals surface area (Å²) in [5.41, 5.74) is 1.23. The number of nitrogens with zero attached hydrogens (tertiary/aromatic N) is 1. The zero-order valence-electron chi connectivity index (χ0n) is 10.7. The van der Waals surface area contributed by atoms with Crippen LogP contribution in [0.25, 0.3) is 0 Å². The van der Waals surface area contributed by atoms with E-state index in [-0.39, 0.29) is 0 Å². The van der Waals surface area contributed by atoms with Crippen molar-refractivity contribution < 1.29 is 4.79 Å². The van der Waals surface area contributed by atoms with Crippen molar-refractivity contribution in [2.45, 2.75) is 33.2 Å². The molecule has 0 spiro atoms. The molecule has 1 fully saturated rings. The number of hydrogen-bond acceptors (Lipinski definition) is 1. The molecule has 2 heteroatoms. The quantitative estimate of drug-likeness (QED) is 0.780. The number of benzene rings is 1. The Morgan fingerprint density at radius 2 is 2.06 bits per heavy atom. The van der Waals surface area contributed by atoms with Crippen LogP contribution in [0.3, 0.4) is 0 Å². The van der Waals surface area contributed by atoms with Crippen molar-refractivity contribution in [2.75, 3.05) is 6.54 Å². The minimum absolute atomic E-state index is 0.319. The highest BCUT2D eigenvalue weighted by Gasteiger charge is 2.31. The van der Waals surface area contributed by atoms with Crippen molar-refractivity contribution in [3.05, 3.63) is 35.9 Å². The van der Waals surface area contributed by atoms with E-state index < -0.39 is 0 Å². The molecule has 0 aromatic heterocycles. The molecule has 0 N–H and O–H groups in total.